The van der Waals surface area contributed by atoms with Crippen LogP contribution in [0.4, 0.5) is 0 Å². The van der Waals surface area contributed by atoms with Gasteiger partial charge in [-0.25, -0.2) is 8.42 Å². The highest BCUT2D eigenvalue weighted by Crippen LogP contribution is 2.31. The van der Waals surface area contributed by atoms with Crippen LogP contribution in [0.5, 0.6) is 0 Å². The van der Waals surface area contributed by atoms with Gasteiger partial charge in [-0.15, -0.1) is 12.4 Å². The fraction of sp³-hybridized carbons (Fsp3) is 1.00. The molecule has 1 aliphatic rings. The molecule has 0 aliphatic heterocycles. The molecule has 3 N–H and O–H groups in total. The average molecular weight is 244 g/mol. The van der Waals surface area contributed by atoms with Gasteiger partial charge in [0.2, 0.25) is 0 Å². The van der Waals surface area contributed by atoms with Crippen LogP contribution in [0.1, 0.15) is 25.7 Å². The Morgan fingerprint density at radius 3 is 2.21 bits per heavy atom. The van der Waals surface area contributed by atoms with E-state index in [0.29, 0.717) is 12.8 Å². The molecule has 0 heterocycles. The number of rotatable bonds is 3. The summed E-state index contributed by atoms with van der Waals surface area (Å²) < 4.78 is 20.9. The normalized spacial score (nSPS) is 32.6. The smallest absolute Gasteiger partial charge is 0.140 e. The lowest BCUT2D eigenvalue weighted by molar-refractivity contribution is 0.00170. The van der Waals surface area contributed by atoms with Crippen molar-refractivity contribution in [3.63, 3.8) is 0 Å². The number of aliphatic hydroxyl groups is 1. The molecule has 0 radical (unpaired) electrons. The molecule has 1 aliphatic carbocycles. The van der Waals surface area contributed by atoms with Crippen molar-refractivity contribution in [2.24, 2.45) is 11.7 Å². The van der Waals surface area contributed by atoms with E-state index >= 15 is 0 Å². The highest BCUT2D eigenvalue weighted by molar-refractivity contribution is 7.72. The molecule has 0 bridgehead atoms. The molecule has 0 aromatic carbocycles. The van der Waals surface area contributed by atoms with E-state index in [9.17, 15) is 13.5 Å². The van der Waals surface area contributed by atoms with Gasteiger partial charge >= 0.3 is 0 Å². The third-order valence-electron chi connectivity index (χ3n) is 2.82. The molecule has 0 atom stereocenters. The van der Waals surface area contributed by atoms with E-state index in [2.05, 4.69) is 0 Å². The molecule has 1 saturated carbocycles. The largest absolute Gasteiger partial charge is 0.389 e. The molecule has 0 aromatic heterocycles. The Balaban J connectivity index is 0.00000169. The summed E-state index contributed by atoms with van der Waals surface area (Å²) in [4.78, 5) is 0. The Bertz CT molecular complexity index is 229. The molecule has 14 heavy (non-hydrogen) atoms. The average Bonchev–Trinajstić information content (AvgIpc) is 2.09. The van der Waals surface area contributed by atoms with Gasteiger partial charge in [-0.3, -0.25) is 0 Å². The van der Waals surface area contributed by atoms with Gasteiger partial charge < -0.3 is 10.8 Å². The molecular formula is C8H18ClNO3S. The molecule has 0 unspecified atom stereocenters. The zero-order valence-electron chi connectivity index (χ0n) is 8.02. The molecular weight excluding hydrogens is 226 g/mol. The van der Waals surface area contributed by atoms with Gasteiger partial charge in [0.25, 0.3) is 0 Å². The lowest BCUT2D eigenvalue weighted by atomic mass is 9.80. The number of hydrogen-bond acceptors (Lipinski definition) is 4. The minimum atomic E-state index is -2.27. The molecule has 0 spiro atoms. The minimum Gasteiger partial charge on any atom is -0.389 e. The Kier molecular flexibility index (Phi) is 5.97. The van der Waals surface area contributed by atoms with E-state index in [1.807, 2.05) is 0 Å². The van der Waals surface area contributed by atoms with Crippen LogP contribution in [0.25, 0.3) is 0 Å². The molecule has 86 valence electrons. The monoisotopic (exact) mass is 243 g/mol. The summed E-state index contributed by atoms with van der Waals surface area (Å²) in [6, 6.07) is 0. The van der Waals surface area contributed by atoms with Crippen LogP contribution in [0.3, 0.4) is 0 Å². The fourth-order valence-electron chi connectivity index (χ4n) is 1.81. The molecule has 4 nitrogen and oxygen atoms in total. The summed E-state index contributed by atoms with van der Waals surface area (Å²) in [5.74, 6) is 0.489. The van der Waals surface area contributed by atoms with Crippen LogP contribution in [0.2, 0.25) is 0 Å². The van der Waals surface area contributed by atoms with E-state index in [4.69, 9.17) is 5.73 Å². The quantitative estimate of drug-likeness (QED) is 0.605. The van der Waals surface area contributed by atoms with Gasteiger partial charge in [0.1, 0.15) is 10.7 Å². The van der Waals surface area contributed by atoms with Crippen molar-refractivity contribution in [1.29, 1.82) is 0 Å². The van der Waals surface area contributed by atoms with Crippen molar-refractivity contribution in [3.8, 4) is 0 Å². The fourth-order valence-corrected chi connectivity index (χ4v) is 2.60. The molecule has 0 saturated heterocycles. The zero-order valence-corrected chi connectivity index (χ0v) is 9.73. The van der Waals surface area contributed by atoms with Crippen LogP contribution < -0.4 is 5.73 Å². The van der Waals surface area contributed by atoms with Gasteiger partial charge in [0.15, 0.2) is 0 Å². The first kappa shape index (κ1) is 14.2. The van der Waals surface area contributed by atoms with E-state index in [1.54, 1.807) is 0 Å². The van der Waals surface area contributed by atoms with E-state index in [1.165, 1.54) is 0 Å². The first-order chi connectivity index (χ1) is 6.06. The number of hydrogen-bond donors (Lipinski definition) is 3. The van der Waals surface area contributed by atoms with Gasteiger partial charge in [0.05, 0.1) is 11.4 Å². The third-order valence-corrected chi connectivity index (χ3v) is 3.64. The zero-order chi connectivity index (χ0) is 9.90. The third kappa shape index (κ3) is 4.13. The SMILES string of the molecule is Cl.NC[C@]1(O)CC[C@H](C[SH](=O)=O)CC1. The Morgan fingerprint density at radius 1 is 1.36 bits per heavy atom. The van der Waals surface area contributed by atoms with Crippen LogP contribution >= 0.6 is 12.4 Å². The first-order valence-corrected chi connectivity index (χ1v) is 5.96. The van der Waals surface area contributed by atoms with Crippen LogP contribution in [0, 0.1) is 5.92 Å². The standard InChI is InChI=1S/C8H17NO3S.ClH/c9-6-8(10)3-1-7(2-4-8)5-13(11)12;/h7,10,13H,1-6,9H2;1H/t7-,8-;. The summed E-state index contributed by atoms with van der Waals surface area (Å²) >= 11 is 0. The molecule has 1 fully saturated rings. The predicted octanol–water partition coefficient (Wildman–Crippen LogP) is -0.100. The van der Waals surface area contributed by atoms with Crippen molar-refractivity contribution in [3.05, 3.63) is 0 Å². The van der Waals surface area contributed by atoms with Crippen molar-refractivity contribution in [1.82, 2.24) is 0 Å². The second kappa shape index (κ2) is 5.90. The molecule has 1 rings (SSSR count). The molecule has 0 aromatic rings. The van der Waals surface area contributed by atoms with Gasteiger partial charge in [-0.05, 0) is 31.6 Å². The first-order valence-electron chi connectivity index (χ1n) is 4.60. The topological polar surface area (TPSA) is 80.4 Å². The van der Waals surface area contributed by atoms with Crippen molar-refractivity contribution in [2.45, 2.75) is 31.3 Å². The maximum Gasteiger partial charge on any atom is 0.140 e. The summed E-state index contributed by atoms with van der Waals surface area (Å²) in [5.41, 5.74) is 4.68. The van der Waals surface area contributed by atoms with Crippen LogP contribution in [-0.4, -0.2) is 31.4 Å². The Labute approximate surface area is 92.2 Å². The Hall–Kier alpha value is 0.160. The summed E-state index contributed by atoms with van der Waals surface area (Å²) in [5, 5.41) is 9.76. The summed E-state index contributed by atoms with van der Waals surface area (Å²) in [6.45, 7) is 0.281. The Morgan fingerprint density at radius 2 is 1.86 bits per heavy atom. The van der Waals surface area contributed by atoms with Crippen LogP contribution in [0.15, 0.2) is 0 Å². The number of nitrogens with two attached hydrogens (primary N) is 1. The maximum atomic E-state index is 10.4. The van der Waals surface area contributed by atoms with Crippen molar-refractivity contribution in [2.75, 3.05) is 12.3 Å². The highest BCUT2D eigenvalue weighted by atomic mass is 35.5. The molecule has 6 heteroatoms. The maximum absolute atomic E-state index is 10.4. The van der Waals surface area contributed by atoms with Crippen molar-refractivity contribution >= 4 is 23.1 Å². The second-order valence-corrected chi connectivity index (χ2v) is 4.92. The predicted molar refractivity (Wildman–Crippen MR) is 58.4 cm³/mol. The van der Waals surface area contributed by atoms with Gasteiger partial charge in [-0.2, -0.15) is 0 Å². The van der Waals surface area contributed by atoms with Gasteiger partial charge in [0, 0.05) is 6.54 Å². The summed E-state index contributed by atoms with van der Waals surface area (Å²) in [6.07, 6.45) is 2.82. The van der Waals surface area contributed by atoms with E-state index < -0.39 is 16.3 Å². The molecule has 0 amide bonds. The number of halogens is 1. The van der Waals surface area contributed by atoms with E-state index in [0.717, 1.165) is 12.8 Å². The van der Waals surface area contributed by atoms with Crippen molar-refractivity contribution < 1.29 is 13.5 Å². The second-order valence-electron chi connectivity index (χ2n) is 3.89. The highest BCUT2D eigenvalue weighted by Gasteiger charge is 2.31. The summed E-state index contributed by atoms with van der Waals surface area (Å²) in [7, 11) is -2.27. The van der Waals surface area contributed by atoms with Gasteiger partial charge in [-0.1, -0.05) is 0 Å². The lowest BCUT2D eigenvalue weighted by Crippen LogP contribution is -2.41. The van der Waals surface area contributed by atoms with Crippen LogP contribution in [-0.2, 0) is 10.7 Å². The minimum absolute atomic E-state index is 0. The number of thiol groups is 1. The van der Waals surface area contributed by atoms with E-state index in [-0.39, 0.29) is 30.6 Å². The lowest BCUT2D eigenvalue weighted by Gasteiger charge is -2.34.